The van der Waals surface area contributed by atoms with Gasteiger partial charge >= 0.3 is 5.97 Å². The predicted octanol–water partition coefficient (Wildman–Crippen LogP) is 1.63. The highest BCUT2D eigenvalue weighted by Gasteiger charge is 2.17. The number of aromatic nitrogens is 2. The largest absolute Gasteiger partial charge is 0.478 e. The molecule has 104 valence electrons. The zero-order valence-corrected chi connectivity index (χ0v) is 11.4. The second-order valence-corrected chi connectivity index (χ2v) is 5.71. The number of anilines is 1. The van der Waals surface area contributed by atoms with Crippen LogP contribution in [0.3, 0.4) is 0 Å². The first-order valence-corrected chi connectivity index (χ1v) is 7.09. The van der Waals surface area contributed by atoms with Gasteiger partial charge in [0.05, 0.1) is 10.5 Å². The number of carboxylic acids is 1. The summed E-state index contributed by atoms with van der Waals surface area (Å²) in [6, 6.07) is 6.31. The molecule has 2 N–H and O–H groups in total. The van der Waals surface area contributed by atoms with E-state index in [1.807, 2.05) is 0 Å². The Labute approximate surface area is 119 Å². The maximum atomic E-state index is 12.1. The fraction of sp³-hybridized carbons (Fsp3) is 0. The van der Waals surface area contributed by atoms with Crippen LogP contribution in [-0.2, 0) is 10.0 Å². The van der Waals surface area contributed by atoms with Crippen LogP contribution in [0.1, 0.15) is 10.4 Å². The lowest BCUT2D eigenvalue weighted by molar-refractivity contribution is 0.0696. The molecule has 1 aromatic carbocycles. The van der Waals surface area contributed by atoms with E-state index in [1.54, 1.807) is 0 Å². The van der Waals surface area contributed by atoms with Crippen LogP contribution in [0.2, 0.25) is 5.15 Å². The summed E-state index contributed by atoms with van der Waals surface area (Å²) >= 11 is 5.62. The summed E-state index contributed by atoms with van der Waals surface area (Å²) in [4.78, 5) is 18.0. The van der Waals surface area contributed by atoms with Gasteiger partial charge in [0.1, 0.15) is 5.15 Å². The number of sulfonamides is 1. The smallest absolute Gasteiger partial charge is 0.335 e. The molecule has 20 heavy (non-hydrogen) atoms. The summed E-state index contributed by atoms with van der Waals surface area (Å²) in [5.41, 5.74) is -0.139. The van der Waals surface area contributed by atoms with Crippen LogP contribution < -0.4 is 4.72 Å². The molecule has 7 nitrogen and oxygen atoms in total. The van der Waals surface area contributed by atoms with Crippen molar-refractivity contribution in [3.05, 3.63) is 47.2 Å². The van der Waals surface area contributed by atoms with Crippen molar-refractivity contribution in [1.29, 1.82) is 0 Å². The molecule has 9 heteroatoms. The zero-order chi connectivity index (χ0) is 14.8. The summed E-state index contributed by atoms with van der Waals surface area (Å²) in [6.45, 7) is 0. The lowest BCUT2D eigenvalue weighted by Gasteiger charge is -2.07. The number of nitrogens with one attached hydrogen (secondary N) is 1. The normalized spacial score (nSPS) is 11.1. The second kappa shape index (κ2) is 5.43. The molecule has 2 aromatic rings. The van der Waals surface area contributed by atoms with E-state index in [4.69, 9.17) is 16.7 Å². The van der Waals surface area contributed by atoms with Crippen molar-refractivity contribution in [2.24, 2.45) is 0 Å². The molecule has 0 saturated carbocycles. The number of rotatable bonds is 4. The second-order valence-electron chi connectivity index (χ2n) is 3.64. The van der Waals surface area contributed by atoms with E-state index in [2.05, 4.69) is 14.7 Å². The molecule has 2 rings (SSSR count). The van der Waals surface area contributed by atoms with Gasteiger partial charge in [0, 0.05) is 6.20 Å². The first-order chi connectivity index (χ1) is 9.38. The molecular weight excluding hydrogens is 306 g/mol. The van der Waals surface area contributed by atoms with Crippen molar-refractivity contribution < 1.29 is 18.3 Å². The maximum absolute atomic E-state index is 12.1. The zero-order valence-electron chi connectivity index (χ0n) is 9.82. The number of carbonyl (C=O) groups is 1. The Morgan fingerprint density at radius 3 is 2.70 bits per heavy atom. The minimum absolute atomic E-state index is 0.0805. The lowest BCUT2D eigenvalue weighted by Crippen LogP contribution is -2.15. The van der Waals surface area contributed by atoms with Crippen molar-refractivity contribution in [2.75, 3.05) is 4.72 Å². The van der Waals surface area contributed by atoms with Crippen molar-refractivity contribution in [2.45, 2.75) is 4.90 Å². The number of carboxylic acid groups (broad SMARTS) is 1. The average Bonchev–Trinajstić information content (AvgIpc) is 2.38. The van der Waals surface area contributed by atoms with Gasteiger partial charge in [-0.25, -0.2) is 27.9 Å². The molecule has 0 aliphatic rings. The molecule has 0 saturated heterocycles. The Kier molecular flexibility index (Phi) is 3.86. The van der Waals surface area contributed by atoms with E-state index in [1.165, 1.54) is 30.5 Å². The van der Waals surface area contributed by atoms with Gasteiger partial charge < -0.3 is 5.11 Å². The molecular formula is C11H8ClN3O4S. The Morgan fingerprint density at radius 2 is 2.05 bits per heavy atom. The number of nitrogens with zero attached hydrogens (tertiary/aromatic N) is 2. The van der Waals surface area contributed by atoms with Crippen LogP contribution >= 0.6 is 11.6 Å². The molecule has 1 heterocycles. The Bertz CT molecular complexity index is 764. The van der Waals surface area contributed by atoms with Crippen molar-refractivity contribution >= 4 is 33.5 Å². The number of benzene rings is 1. The van der Waals surface area contributed by atoms with Gasteiger partial charge in [-0.3, -0.25) is 0 Å². The summed E-state index contributed by atoms with van der Waals surface area (Å²) < 4.78 is 26.2. The van der Waals surface area contributed by atoms with Gasteiger partial charge in [0.15, 0.2) is 0 Å². The first-order valence-electron chi connectivity index (χ1n) is 5.23. The third kappa shape index (κ3) is 3.22. The van der Waals surface area contributed by atoms with Gasteiger partial charge in [-0.2, -0.15) is 0 Å². The third-order valence-corrected chi connectivity index (χ3v) is 3.77. The molecule has 0 bridgehead atoms. The number of halogens is 1. The molecule has 0 atom stereocenters. The molecule has 0 spiro atoms. The van der Waals surface area contributed by atoms with Gasteiger partial charge in [-0.05, 0) is 24.3 Å². The molecule has 1 aromatic heterocycles. The van der Waals surface area contributed by atoms with E-state index in [-0.39, 0.29) is 21.6 Å². The van der Waals surface area contributed by atoms with E-state index in [0.717, 1.165) is 6.07 Å². The fourth-order valence-electron chi connectivity index (χ4n) is 1.36. The summed E-state index contributed by atoms with van der Waals surface area (Å²) in [6.07, 6.45) is 1.29. The Balaban J connectivity index is 2.35. The highest BCUT2D eigenvalue weighted by atomic mass is 35.5. The summed E-state index contributed by atoms with van der Waals surface area (Å²) in [5, 5.41) is 8.92. The van der Waals surface area contributed by atoms with Crippen molar-refractivity contribution in [1.82, 2.24) is 9.97 Å². The fourth-order valence-corrected chi connectivity index (χ4v) is 2.49. The van der Waals surface area contributed by atoms with Crippen LogP contribution in [0, 0.1) is 0 Å². The van der Waals surface area contributed by atoms with E-state index >= 15 is 0 Å². The molecule has 0 radical (unpaired) electrons. The van der Waals surface area contributed by atoms with E-state index in [9.17, 15) is 13.2 Å². The van der Waals surface area contributed by atoms with Crippen LogP contribution in [0.25, 0.3) is 0 Å². The first kappa shape index (κ1) is 14.2. The molecule has 0 aliphatic carbocycles. The quantitative estimate of drug-likeness (QED) is 0.830. The van der Waals surface area contributed by atoms with Crippen LogP contribution in [0.5, 0.6) is 0 Å². The highest BCUT2D eigenvalue weighted by Crippen LogP contribution is 2.15. The van der Waals surface area contributed by atoms with Gasteiger partial charge in [0.2, 0.25) is 5.95 Å². The van der Waals surface area contributed by atoms with Crippen LogP contribution in [-0.4, -0.2) is 29.5 Å². The monoisotopic (exact) mass is 313 g/mol. The number of hydrogen-bond acceptors (Lipinski definition) is 5. The number of aromatic carboxylic acids is 1. The van der Waals surface area contributed by atoms with Crippen LogP contribution in [0.15, 0.2) is 41.4 Å². The molecule has 0 fully saturated rings. The summed E-state index contributed by atoms with van der Waals surface area (Å²) in [7, 11) is -3.98. The Morgan fingerprint density at radius 1 is 1.30 bits per heavy atom. The molecule has 0 unspecified atom stereocenters. The standard InChI is InChI=1S/C11H8ClN3O4S/c12-9-4-5-13-11(14-9)15-20(18,19)8-3-1-2-7(6-8)10(16)17/h1-6H,(H,16,17)(H,13,14,15). The third-order valence-electron chi connectivity index (χ3n) is 2.24. The highest BCUT2D eigenvalue weighted by molar-refractivity contribution is 7.92. The average molecular weight is 314 g/mol. The van der Waals surface area contributed by atoms with Gasteiger partial charge in [0.25, 0.3) is 10.0 Å². The predicted molar refractivity (Wildman–Crippen MR) is 71.3 cm³/mol. The topological polar surface area (TPSA) is 109 Å². The SMILES string of the molecule is O=C(O)c1cccc(S(=O)(=O)Nc2nccc(Cl)n2)c1. The van der Waals surface area contributed by atoms with Crippen molar-refractivity contribution in [3.63, 3.8) is 0 Å². The maximum Gasteiger partial charge on any atom is 0.335 e. The van der Waals surface area contributed by atoms with Crippen LogP contribution in [0.4, 0.5) is 5.95 Å². The number of hydrogen-bond donors (Lipinski definition) is 2. The molecule has 0 amide bonds. The Hall–Kier alpha value is -2.19. The molecule has 0 aliphatic heterocycles. The summed E-state index contributed by atoms with van der Waals surface area (Å²) in [5.74, 6) is -1.42. The van der Waals surface area contributed by atoms with Gasteiger partial charge in [-0.1, -0.05) is 17.7 Å². The lowest BCUT2D eigenvalue weighted by atomic mass is 10.2. The minimum atomic E-state index is -3.98. The van der Waals surface area contributed by atoms with Crippen molar-refractivity contribution in [3.8, 4) is 0 Å². The van der Waals surface area contributed by atoms with E-state index in [0.29, 0.717) is 0 Å². The van der Waals surface area contributed by atoms with Gasteiger partial charge in [-0.15, -0.1) is 0 Å². The van der Waals surface area contributed by atoms with E-state index < -0.39 is 16.0 Å². The minimum Gasteiger partial charge on any atom is -0.478 e.